The Morgan fingerprint density at radius 3 is 2.75 bits per heavy atom. The molecule has 3 rings (SSSR count). The van der Waals surface area contributed by atoms with Crippen LogP contribution in [0.1, 0.15) is 18.1 Å². The van der Waals surface area contributed by atoms with Crippen molar-refractivity contribution in [2.45, 2.75) is 13.5 Å². The van der Waals surface area contributed by atoms with Crippen LogP contribution in [-0.2, 0) is 20.9 Å². The van der Waals surface area contributed by atoms with Crippen LogP contribution in [0.5, 0.6) is 11.5 Å². The number of amides is 1. The predicted molar refractivity (Wildman–Crippen MR) is 100 cm³/mol. The highest BCUT2D eigenvalue weighted by atomic mass is 19.1. The lowest BCUT2D eigenvalue weighted by Crippen LogP contribution is -2.33. The molecule has 0 saturated carbocycles. The summed E-state index contributed by atoms with van der Waals surface area (Å²) >= 11 is 0. The van der Waals surface area contributed by atoms with Gasteiger partial charge in [0.2, 0.25) is 6.79 Å². The molecule has 7 heteroatoms. The van der Waals surface area contributed by atoms with Crippen LogP contribution in [0.2, 0.25) is 0 Å². The molecule has 1 heterocycles. The van der Waals surface area contributed by atoms with Crippen molar-refractivity contribution in [3.8, 4) is 11.5 Å². The van der Waals surface area contributed by atoms with Crippen LogP contribution in [0.4, 0.5) is 4.39 Å². The molecule has 6 nitrogen and oxygen atoms in total. The van der Waals surface area contributed by atoms with Gasteiger partial charge in [-0.2, -0.15) is 0 Å². The Morgan fingerprint density at radius 1 is 1.18 bits per heavy atom. The fourth-order valence-corrected chi connectivity index (χ4v) is 2.68. The SMILES string of the molecule is CCN(Cc1ccc2c(c1)OCO2)C(=O)COC(=O)/C=C/c1ccccc1F. The average Bonchev–Trinajstić information content (AvgIpc) is 3.17. The lowest BCUT2D eigenvalue weighted by molar-refractivity contribution is -0.148. The third-order valence-electron chi connectivity index (χ3n) is 4.19. The van der Waals surface area contributed by atoms with E-state index in [1.165, 1.54) is 18.2 Å². The molecule has 0 radical (unpaired) electrons. The molecule has 0 aliphatic carbocycles. The van der Waals surface area contributed by atoms with Gasteiger partial charge in [-0.1, -0.05) is 24.3 Å². The second-order valence-corrected chi connectivity index (χ2v) is 6.06. The second-order valence-electron chi connectivity index (χ2n) is 6.06. The van der Waals surface area contributed by atoms with Crippen LogP contribution in [0.3, 0.4) is 0 Å². The molecule has 1 amide bonds. The standard InChI is InChI=1S/C21H20FNO5/c1-2-23(12-15-7-9-18-19(11-15)28-14-27-18)20(24)13-26-21(25)10-8-16-5-3-4-6-17(16)22/h3-11H,2,12-14H2,1H3/b10-8+. The number of likely N-dealkylation sites (N-methyl/N-ethyl adjacent to an activating group) is 1. The van der Waals surface area contributed by atoms with Crippen molar-refractivity contribution in [3.05, 3.63) is 65.5 Å². The molecule has 0 unspecified atom stereocenters. The molecule has 0 N–H and O–H groups in total. The first-order valence-corrected chi connectivity index (χ1v) is 8.82. The van der Waals surface area contributed by atoms with Crippen molar-refractivity contribution in [1.29, 1.82) is 0 Å². The van der Waals surface area contributed by atoms with E-state index in [-0.39, 0.29) is 18.3 Å². The second kappa shape index (κ2) is 9.03. The normalized spacial score (nSPS) is 12.2. The van der Waals surface area contributed by atoms with Crippen LogP contribution in [0.15, 0.2) is 48.5 Å². The van der Waals surface area contributed by atoms with E-state index in [1.807, 2.05) is 19.1 Å². The number of hydrogen-bond acceptors (Lipinski definition) is 5. The number of halogens is 1. The van der Waals surface area contributed by atoms with E-state index in [0.717, 1.165) is 11.6 Å². The molecule has 0 spiro atoms. The average molecular weight is 385 g/mol. The lowest BCUT2D eigenvalue weighted by Gasteiger charge is -2.20. The Balaban J connectivity index is 1.52. The molecular weight excluding hydrogens is 365 g/mol. The molecule has 2 aromatic carbocycles. The quantitative estimate of drug-likeness (QED) is 0.541. The molecular formula is C21H20FNO5. The predicted octanol–water partition coefficient (Wildman–Crippen LogP) is 3.16. The van der Waals surface area contributed by atoms with Crippen LogP contribution in [-0.4, -0.2) is 36.7 Å². The lowest BCUT2D eigenvalue weighted by atomic mass is 10.2. The van der Waals surface area contributed by atoms with Gasteiger partial charge < -0.3 is 19.1 Å². The summed E-state index contributed by atoms with van der Waals surface area (Å²) in [7, 11) is 0. The maximum Gasteiger partial charge on any atom is 0.331 e. The molecule has 1 aliphatic heterocycles. The van der Waals surface area contributed by atoms with Gasteiger partial charge in [-0.05, 0) is 36.8 Å². The Bertz CT molecular complexity index is 896. The maximum absolute atomic E-state index is 13.5. The van der Waals surface area contributed by atoms with Gasteiger partial charge in [-0.25, -0.2) is 9.18 Å². The number of carbonyl (C=O) groups excluding carboxylic acids is 2. The van der Waals surface area contributed by atoms with Gasteiger partial charge in [0.15, 0.2) is 18.1 Å². The van der Waals surface area contributed by atoms with E-state index in [0.29, 0.717) is 24.6 Å². The summed E-state index contributed by atoms with van der Waals surface area (Å²) in [6.07, 6.45) is 2.41. The highest BCUT2D eigenvalue weighted by Gasteiger charge is 2.17. The maximum atomic E-state index is 13.5. The van der Waals surface area contributed by atoms with Gasteiger partial charge in [0.25, 0.3) is 5.91 Å². The fraction of sp³-hybridized carbons (Fsp3) is 0.238. The summed E-state index contributed by atoms with van der Waals surface area (Å²) in [6.45, 7) is 2.44. The van der Waals surface area contributed by atoms with Crippen LogP contribution < -0.4 is 9.47 Å². The van der Waals surface area contributed by atoms with Gasteiger partial charge in [-0.3, -0.25) is 4.79 Å². The van der Waals surface area contributed by atoms with E-state index in [4.69, 9.17) is 14.2 Å². The van der Waals surface area contributed by atoms with E-state index < -0.39 is 18.4 Å². The smallest absolute Gasteiger partial charge is 0.331 e. The molecule has 1 aliphatic rings. The first-order chi connectivity index (χ1) is 13.6. The fourth-order valence-electron chi connectivity index (χ4n) is 2.68. The van der Waals surface area contributed by atoms with Gasteiger partial charge in [0.1, 0.15) is 5.82 Å². The molecule has 0 fully saturated rings. The number of benzene rings is 2. The number of nitrogens with zero attached hydrogens (tertiary/aromatic N) is 1. The zero-order valence-electron chi connectivity index (χ0n) is 15.4. The van der Waals surface area contributed by atoms with Gasteiger partial charge in [-0.15, -0.1) is 0 Å². The topological polar surface area (TPSA) is 65.1 Å². The number of ether oxygens (including phenoxy) is 3. The number of esters is 1. The minimum absolute atomic E-state index is 0.186. The van der Waals surface area contributed by atoms with Crippen LogP contribution in [0, 0.1) is 5.82 Å². The number of fused-ring (bicyclic) bond motifs is 1. The van der Waals surface area contributed by atoms with Crippen molar-refractivity contribution >= 4 is 18.0 Å². The molecule has 0 aromatic heterocycles. The highest BCUT2D eigenvalue weighted by molar-refractivity contribution is 5.89. The number of hydrogen-bond donors (Lipinski definition) is 0. The first kappa shape index (κ1) is 19.4. The summed E-state index contributed by atoms with van der Waals surface area (Å²) in [4.78, 5) is 25.7. The zero-order valence-corrected chi connectivity index (χ0v) is 15.4. The van der Waals surface area contributed by atoms with E-state index >= 15 is 0 Å². The zero-order chi connectivity index (χ0) is 19.9. The highest BCUT2D eigenvalue weighted by Crippen LogP contribution is 2.32. The Labute approximate surface area is 162 Å². The summed E-state index contributed by atoms with van der Waals surface area (Å²) in [5.41, 5.74) is 1.15. The third-order valence-corrected chi connectivity index (χ3v) is 4.19. The molecule has 0 atom stereocenters. The molecule has 0 saturated heterocycles. The number of rotatable bonds is 7. The first-order valence-electron chi connectivity index (χ1n) is 8.82. The van der Waals surface area contributed by atoms with Crippen LogP contribution >= 0.6 is 0 Å². The van der Waals surface area contributed by atoms with Crippen LogP contribution in [0.25, 0.3) is 6.08 Å². The summed E-state index contributed by atoms with van der Waals surface area (Å²) in [5, 5.41) is 0. The van der Waals surface area contributed by atoms with Crippen molar-refractivity contribution < 1.29 is 28.2 Å². The van der Waals surface area contributed by atoms with E-state index in [1.54, 1.807) is 23.1 Å². The largest absolute Gasteiger partial charge is 0.454 e. The van der Waals surface area contributed by atoms with Gasteiger partial charge >= 0.3 is 5.97 Å². The molecule has 28 heavy (non-hydrogen) atoms. The van der Waals surface area contributed by atoms with Crippen molar-refractivity contribution in [2.24, 2.45) is 0 Å². The van der Waals surface area contributed by atoms with Crippen molar-refractivity contribution in [2.75, 3.05) is 19.9 Å². The Hall–Kier alpha value is -3.35. The molecule has 146 valence electrons. The minimum atomic E-state index is -0.712. The van der Waals surface area contributed by atoms with Crippen molar-refractivity contribution in [3.63, 3.8) is 0 Å². The summed E-state index contributed by atoms with van der Waals surface area (Å²) < 4.78 is 29.1. The van der Waals surface area contributed by atoms with Crippen molar-refractivity contribution in [1.82, 2.24) is 4.90 Å². The minimum Gasteiger partial charge on any atom is -0.454 e. The molecule has 2 aromatic rings. The third kappa shape index (κ3) is 4.88. The van der Waals surface area contributed by atoms with Gasteiger partial charge in [0, 0.05) is 24.7 Å². The Morgan fingerprint density at radius 2 is 1.96 bits per heavy atom. The van der Waals surface area contributed by atoms with E-state index in [2.05, 4.69) is 0 Å². The number of carbonyl (C=O) groups is 2. The summed E-state index contributed by atoms with van der Waals surface area (Å²) in [5.74, 6) is -0.161. The monoisotopic (exact) mass is 385 g/mol. The van der Waals surface area contributed by atoms with Gasteiger partial charge in [0.05, 0.1) is 0 Å². The Kier molecular flexibility index (Phi) is 6.26. The summed E-state index contributed by atoms with van der Waals surface area (Å²) in [6, 6.07) is 11.5. The molecule has 0 bridgehead atoms. The van der Waals surface area contributed by atoms with E-state index in [9.17, 15) is 14.0 Å².